The number of nitrogens with one attached hydrogen (secondary N) is 2. The molecule has 0 aliphatic carbocycles. The summed E-state index contributed by atoms with van der Waals surface area (Å²) in [6.07, 6.45) is 6.74. The molecule has 4 aromatic rings. The minimum absolute atomic E-state index is 0.0112. The van der Waals surface area contributed by atoms with Crippen LogP contribution in [0.2, 0.25) is 0 Å². The van der Waals surface area contributed by atoms with Crippen molar-refractivity contribution < 1.29 is 9.90 Å². The molecule has 2 aliphatic rings. The highest BCUT2D eigenvalue weighted by Crippen LogP contribution is 2.28. The highest BCUT2D eigenvalue weighted by Gasteiger charge is 2.32. The number of nitrogens with zero attached hydrogens (tertiary/aromatic N) is 3. The van der Waals surface area contributed by atoms with Crippen LogP contribution >= 0.6 is 0 Å². The fourth-order valence-corrected chi connectivity index (χ4v) is 5.61. The van der Waals surface area contributed by atoms with Crippen LogP contribution < -0.4 is 16.2 Å². The van der Waals surface area contributed by atoms with Gasteiger partial charge >= 0.3 is 0 Å². The van der Waals surface area contributed by atoms with Gasteiger partial charge in [-0.15, -0.1) is 0 Å². The third-order valence-corrected chi connectivity index (χ3v) is 7.52. The molecule has 1 fully saturated rings. The lowest BCUT2D eigenvalue weighted by atomic mass is 10.0. The molecule has 2 aromatic carbocycles. The summed E-state index contributed by atoms with van der Waals surface area (Å²) < 4.78 is 1.55. The first-order valence-electron chi connectivity index (χ1n) is 12.8. The lowest BCUT2D eigenvalue weighted by Gasteiger charge is -2.20. The van der Waals surface area contributed by atoms with Crippen molar-refractivity contribution >= 4 is 22.5 Å². The first-order valence-corrected chi connectivity index (χ1v) is 12.8. The first-order chi connectivity index (χ1) is 18.1. The Morgan fingerprint density at radius 2 is 1.92 bits per heavy atom. The standard InChI is InChI=1S/C29H29N5O3/c35-27(19-4-3-15-30-17-19)24-12-11-21(31-24)16-18-7-9-20(10-8-18)32-28(36)25-13-14-26-33-23-6-2-1-5-22(23)29(37)34(25)26/h1-10,15,17,21,24-25,27,31,35H,11-14,16H2,(H,32,36)/t21-,24+,25+,27+/m0/s1. The molecule has 4 heterocycles. The fourth-order valence-electron chi connectivity index (χ4n) is 5.61. The molecule has 4 atom stereocenters. The van der Waals surface area contributed by atoms with E-state index in [1.54, 1.807) is 23.0 Å². The average molecular weight is 496 g/mol. The van der Waals surface area contributed by atoms with Crippen LogP contribution in [-0.2, 0) is 17.6 Å². The lowest BCUT2D eigenvalue weighted by molar-refractivity contribution is -0.119. The van der Waals surface area contributed by atoms with Crippen molar-refractivity contribution in [2.24, 2.45) is 0 Å². The predicted molar refractivity (Wildman–Crippen MR) is 141 cm³/mol. The molecular formula is C29H29N5O3. The number of anilines is 1. The number of aryl methyl sites for hydroxylation is 1. The third-order valence-electron chi connectivity index (χ3n) is 7.52. The Balaban J connectivity index is 1.08. The van der Waals surface area contributed by atoms with E-state index in [1.165, 1.54) is 0 Å². The number of carbonyl (C=O) groups is 1. The quantitative estimate of drug-likeness (QED) is 0.379. The molecule has 0 saturated carbocycles. The van der Waals surface area contributed by atoms with Gasteiger partial charge in [0, 0.05) is 42.1 Å². The zero-order valence-corrected chi connectivity index (χ0v) is 20.4. The molecule has 37 heavy (non-hydrogen) atoms. The van der Waals surface area contributed by atoms with Crippen LogP contribution in [0, 0.1) is 0 Å². The van der Waals surface area contributed by atoms with Crippen molar-refractivity contribution in [3.8, 4) is 0 Å². The van der Waals surface area contributed by atoms with Crippen molar-refractivity contribution in [3.05, 3.63) is 100 Å². The molecule has 8 heteroatoms. The van der Waals surface area contributed by atoms with Gasteiger partial charge in [0.15, 0.2) is 0 Å². The molecule has 0 spiro atoms. The maximum atomic E-state index is 13.1. The Morgan fingerprint density at radius 1 is 1.08 bits per heavy atom. The number of aliphatic hydroxyl groups is 1. The second kappa shape index (κ2) is 9.88. The number of aromatic nitrogens is 3. The molecular weight excluding hydrogens is 466 g/mol. The predicted octanol–water partition coefficient (Wildman–Crippen LogP) is 3.31. The van der Waals surface area contributed by atoms with Crippen LogP contribution in [0.4, 0.5) is 5.69 Å². The fraction of sp³-hybridized carbons (Fsp3) is 0.310. The molecule has 0 unspecified atom stereocenters. The minimum Gasteiger partial charge on any atom is -0.387 e. The number of hydrogen-bond acceptors (Lipinski definition) is 6. The second-order valence-corrected chi connectivity index (χ2v) is 9.94. The van der Waals surface area contributed by atoms with Gasteiger partial charge in [-0.25, -0.2) is 4.98 Å². The number of fused-ring (bicyclic) bond motifs is 2. The molecule has 3 N–H and O–H groups in total. The van der Waals surface area contributed by atoms with Crippen LogP contribution in [0.25, 0.3) is 10.9 Å². The number of carbonyl (C=O) groups excluding carboxylic acids is 1. The van der Waals surface area contributed by atoms with Gasteiger partial charge in [-0.05, 0) is 61.6 Å². The van der Waals surface area contributed by atoms with Crippen molar-refractivity contribution in [1.29, 1.82) is 0 Å². The van der Waals surface area contributed by atoms with Crippen molar-refractivity contribution in [3.63, 3.8) is 0 Å². The van der Waals surface area contributed by atoms with Crippen LogP contribution in [0.1, 0.15) is 48.4 Å². The monoisotopic (exact) mass is 495 g/mol. The maximum absolute atomic E-state index is 13.1. The van der Waals surface area contributed by atoms with Crippen molar-refractivity contribution in [1.82, 2.24) is 19.9 Å². The van der Waals surface area contributed by atoms with E-state index in [-0.39, 0.29) is 23.6 Å². The molecule has 0 bridgehead atoms. The Kier molecular flexibility index (Phi) is 6.28. The van der Waals surface area contributed by atoms with E-state index in [0.29, 0.717) is 35.3 Å². The van der Waals surface area contributed by atoms with E-state index in [0.717, 1.165) is 30.4 Å². The Labute approximate surface area is 214 Å². The van der Waals surface area contributed by atoms with Crippen LogP contribution in [0.3, 0.4) is 0 Å². The minimum atomic E-state index is -0.572. The van der Waals surface area contributed by atoms with Gasteiger partial charge < -0.3 is 15.7 Å². The van der Waals surface area contributed by atoms with Crippen LogP contribution in [0.5, 0.6) is 0 Å². The van der Waals surface area contributed by atoms with E-state index in [1.807, 2.05) is 54.6 Å². The topological polar surface area (TPSA) is 109 Å². The molecule has 6 rings (SSSR count). The van der Waals surface area contributed by atoms with Crippen LogP contribution in [-0.4, -0.2) is 37.6 Å². The summed E-state index contributed by atoms with van der Waals surface area (Å²) in [5.74, 6) is 0.464. The zero-order chi connectivity index (χ0) is 25.4. The molecule has 1 amide bonds. The SMILES string of the molecule is O=C(Nc1ccc(C[C@@H]2CC[C@H]([C@H](O)c3cccnc3)N2)cc1)[C@H]1CCc2nc3ccccc3c(=O)n21. The van der Waals surface area contributed by atoms with Crippen molar-refractivity contribution in [2.45, 2.75) is 56.3 Å². The summed E-state index contributed by atoms with van der Waals surface area (Å²) in [6, 6.07) is 18.6. The number of para-hydroxylation sites is 1. The Bertz CT molecular complexity index is 1490. The van der Waals surface area contributed by atoms with Gasteiger partial charge in [-0.3, -0.25) is 19.1 Å². The second-order valence-electron chi connectivity index (χ2n) is 9.94. The summed E-state index contributed by atoms with van der Waals surface area (Å²) in [6.45, 7) is 0. The molecule has 8 nitrogen and oxygen atoms in total. The molecule has 0 radical (unpaired) electrons. The third kappa shape index (κ3) is 4.65. The van der Waals surface area contributed by atoms with Gasteiger partial charge in [-0.2, -0.15) is 0 Å². The van der Waals surface area contributed by atoms with Crippen molar-refractivity contribution in [2.75, 3.05) is 5.32 Å². The summed E-state index contributed by atoms with van der Waals surface area (Å²) >= 11 is 0. The highest BCUT2D eigenvalue weighted by molar-refractivity contribution is 5.94. The highest BCUT2D eigenvalue weighted by atomic mass is 16.3. The Hall–Kier alpha value is -3.88. The van der Waals surface area contributed by atoms with Gasteiger partial charge in [0.1, 0.15) is 11.9 Å². The number of pyridine rings is 1. The van der Waals surface area contributed by atoms with E-state index in [2.05, 4.69) is 20.6 Å². The average Bonchev–Trinajstić information content (AvgIpc) is 3.58. The number of benzene rings is 2. The normalized spacial score (nSPS) is 21.6. The molecule has 2 aromatic heterocycles. The number of aliphatic hydroxyl groups excluding tert-OH is 1. The molecule has 188 valence electrons. The first kappa shape index (κ1) is 23.5. The Morgan fingerprint density at radius 3 is 2.73 bits per heavy atom. The lowest BCUT2D eigenvalue weighted by Crippen LogP contribution is -2.35. The van der Waals surface area contributed by atoms with Crippen LogP contribution in [0.15, 0.2) is 77.9 Å². The van der Waals surface area contributed by atoms with Gasteiger partial charge in [0.25, 0.3) is 5.56 Å². The number of amides is 1. The summed E-state index contributed by atoms with van der Waals surface area (Å²) in [5.41, 5.74) is 3.20. The largest absolute Gasteiger partial charge is 0.387 e. The van der Waals surface area contributed by atoms with E-state index in [9.17, 15) is 14.7 Å². The zero-order valence-electron chi connectivity index (χ0n) is 20.4. The van der Waals surface area contributed by atoms with E-state index < -0.39 is 12.1 Å². The van der Waals surface area contributed by atoms with Gasteiger partial charge in [0.05, 0.1) is 17.0 Å². The van der Waals surface area contributed by atoms with E-state index in [4.69, 9.17) is 0 Å². The van der Waals surface area contributed by atoms with Gasteiger partial charge in [0.2, 0.25) is 5.91 Å². The maximum Gasteiger partial charge on any atom is 0.262 e. The van der Waals surface area contributed by atoms with Gasteiger partial charge in [-0.1, -0.05) is 30.3 Å². The van der Waals surface area contributed by atoms with E-state index >= 15 is 0 Å². The smallest absolute Gasteiger partial charge is 0.262 e. The number of rotatable bonds is 6. The molecule has 1 saturated heterocycles. The number of hydrogen-bond donors (Lipinski definition) is 3. The molecule has 2 aliphatic heterocycles. The summed E-state index contributed by atoms with van der Waals surface area (Å²) in [5, 5.41) is 17.8. The summed E-state index contributed by atoms with van der Waals surface area (Å²) in [7, 11) is 0. The summed E-state index contributed by atoms with van der Waals surface area (Å²) in [4.78, 5) is 34.9.